The first-order valence-corrected chi connectivity index (χ1v) is 10.5. The van der Waals surface area contributed by atoms with Gasteiger partial charge in [-0.25, -0.2) is 4.98 Å². The van der Waals surface area contributed by atoms with Gasteiger partial charge in [-0.05, 0) is 55.5 Å². The van der Waals surface area contributed by atoms with Crippen LogP contribution in [0.25, 0.3) is 11.3 Å². The van der Waals surface area contributed by atoms with E-state index in [9.17, 15) is 17.8 Å². The molecule has 0 spiro atoms. The summed E-state index contributed by atoms with van der Waals surface area (Å²) in [5, 5.41) is 3.17. The Bertz CT molecular complexity index is 1000. The third kappa shape index (κ3) is 4.79. The largest absolute Gasteiger partial charge is 0.435 e. The molecule has 146 valence electrons. The first-order chi connectivity index (χ1) is 13.3. The van der Waals surface area contributed by atoms with Crippen molar-refractivity contribution in [2.45, 2.75) is 18.4 Å². The maximum atomic E-state index is 12.4. The van der Waals surface area contributed by atoms with E-state index in [1.54, 1.807) is 42.7 Å². The number of benzene rings is 2. The van der Waals surface area contributed by atoms with Crippen molar-refractivity contribution in [3.63, 3.8) is 0 Å². The second-order valence-corrected chi connectivity index (χ2v) is 8.34. The van der Waals surface area contributed by atoms with Crippen LogP contribution in [0.4, 0.5) is 13.9 Å². The second kappa shape index (κ2) is 8.57. The summed E-state index contributed by atoms with van der Waals surface area (Å²) in [5.41, 5.74) is 1.81. The lowest BCUT2D eigenvalue weighted by atomic mass is 10.1. The number of carbonyl (C=O) groups is 1. The van der Waals surface area contributed by atoms with Crippen LogP contribution in [0.15, 0.2) is 53.4 Å². The third-order valence-electron chi connectivity index (χ3n) is 3.82. The number of hydrogen-bond donors (Lipinski definition) is 1. The van der Waals surface area contributed by atoms with E-state index in [0.29, 0.717) is 21.3 Å². The predicted octanol–water partition coefficient (Wildman–Crippen LogP) is 4.71. The first kappa shape index (κ1) is 20.1. The van der Waals surface area contributed by atoms with E-state index in [0.717, 1.165) is 10.4 Å². The zero-order chi connectivity index (χ0) is 20.3. The summed E-state index contributed by atoms with van der Waals surface area (Å²) in [7, 11) is -1.11. The monoisotopic (exact) mass is 422 g/mol. The fourth-order valence-corrected chi connectivity index (χ4v) is 3.83. The molecule has 0 saturated carbocycles. The Hall–Kier alpha value is -2.65. The van der Waals surface area contributed by atoms with Gasteiger partial charge in [0.2, 0.25) is 0 Å². The summed E-state index contributed by atoms with van der Waals surface area (Å²) in [6.07, 6.45) is 1.57. The molecule has 2 aromatic carbocycles. The molecule has 0 bridgehead atoms. The summed E-state index contributed by atoms with van der Waals surface area (Å²) in [6, 6.07) is 12.7. The summed E-state index contributed by atoms with van der Waals surface area (Å²) in [6.45, 7) is -1.02. The van der Waals surface area contributed by atoms with E-state index in [1.165, 1.54) is 23.5 Å². The van der Waals surface area contributed by atoms with Crippen LogP contribution in [0, 0.1) is 6.92 Å². The highest BCUT2D eigenvalue weighted by molar-refractivity contribution is 7.84. The van der Waals surface area contributed by atoms with Gasteiger partial charge in [0.05, 0.1) is 5.69 Å². The molecular formula is C19H16F2N2O3S2. The van der Waals surface area contributed by atoms with Gasteiger partial charge in [0.25, 0.3) is 5.91 Å². The number of carbonyl (C=O) groups excluding carboxylic acids is 1. The van der Waals surface area contributed by atoms with Crippen LogP contribution in [-0.4, -0.2) is 28.0 Å². The quantitative estimate of drug-likeness (QED) is 0.625. The number of aryl methyl sites for hydroxylation is 1. The highest BCUT2D eigenvalue weighted by Crippen LogP contribution is 2.31. The van der Waals surface area contributed by atoms with E-state index < -0.39 is 17.4 Å². The van der Waals surface area contributed by atoms with Crippen LogP contribution in [0.3, 0.4) is 0 Å². The Labute approximate surface area is 166 Å². The van der Waals surface area contributed by atoms with Gasteiger partial charge < -0.3 is 4.74 Å². The van der Waals surface area contributed by atoms with Gasteiger partial charge in [0.15, 0.2) is 5.13 Å². The maximum absolute atomic E-state index is 12.4. The van der Waals surface area contributed by atoms with Crippen molar-refractivity contribution in [3.05, 3.63) is 59.0 Å². The number of halogens is 2. The summed E-state index contributed by atoms with van der Waals surface area (Å²) in [4.78, 5) is 18.3. The molecular weight excluding hydrogens is 406 g/mol. The molecule has 0 aliphatic heterocycles. The van der Waals surface area contributed by atoms with Crippen LogP contribution < -0.4 is 10.1 Å². The number of hydrogen-bond acceptors (Lipinski definition) is 5. The van der Waals surface area contributed by atoms with Crippen LogP contribution >= 0.6 is 11.3 Å². The number of amides is 1. The number of rotatable bonds is 6. The van der Waals surface area contributed by atoms with Gasteiger partial charge >= 0.3 is 6.61 Å². The minimum Gasteiger partial charge on any atom is -0.435 e. The molecule has 3 rings (SSSR count). The molecule has 28 heavy (non-hydrogen) atoms. The van der Waals surface area contributed by atoms with Crippen molar-refractivity contribution in [3.8, 4) is 17.0 Å². The average Bonchev–Trinajstić information content (AvgIpc) is 3.02. The highest BCUT2D eigenvalue weighted by Gasteiger charge is 2.14. The van der Waals surface area contributed by atoms with Crippen molar-refractivity contribution in [1.29, 1.82) is 0 Å². The molecule has 0 aliphatic carbocycles. The highest BCUT2D eigenvalue weighted by atomic mass is 32.2. The van der Waals surface area contributed by atoms with Crippen LogP contribution in [0.5, 0.6) is 5.75 Å². The van der Waals surface area contributed by atoms with Gasteiger partial charge in [-0.15, -0.1) is 11.3 Å². The third-order valence-corrected chi connectivity index (χ3v) is 5.64. The fraction of sp³-hybridized carbons (Fsp3) is 0.158. The van der Waals surface area contributed by atoms with Gasteiger partial charge in [0.1, 0.15) is 5.75 Å². The van der Waals surface area contributed by atoms with E-state index >= 15 is 0 Å². The molecule has 9 heteroatoms. The first-order valence-electron chi connectivity index (χ1n) is 8.11. The molecule has 0 fully saturated rings. The van der Waals surface area contributed by atoms with E-state index in [1.807, 2.05) is 6.92 Å². The summed E-state index contributed by atoms with van der Waals surface area (Å²) < 4.78 is 40.3. The topological polar surface area (TPSA) is 68.3 Å². The normalized spacial score (nSPS) is 12.0. The molecule has 1 unspecified atom stereocenters. The van der Waals surface area contributed by atoms with E-state index in [4.69, 9.17) is 0 Å². The molecule has 1 aromatic heterocycles. The van der Waals surface area contributed by atoms with E-state index in [2.05, 4.69) is 15.0 Å². The van der Waals surface area contributed by atoms with Gasteiger partial charge in [-0.3, -0.25) is 14.3 Å². The van der Waals surface area contributed by atoms with Crippen LogP contribution in [0.1, 0.15) is 15.2 Å². The van der Waals surface area contributed by atoms with Crippen molar-refractivity contribution in [2.24, 2.45) is 0 Å². The zero-order valence-corrected chi connectivity index (χ0v) is 16.6. The van der Waals surface area contributed by atoms with Crippen LogP contribution in [0.2, 0.25) is 0 Å². The van der Waals surface area contributed by atoms with Gasteiger partial charge in [0, 0.05) is 38.0 Å². The Balaban J connectivity index is 1.74. The maximum Gasteiger partial charge on any atom is 0.387 e. The number of nitrogens with one attached hydrogen (secondary N) is 1. The smallest absolute Gasteiger partial charge is 0.387 e. The van der Waals surface area contributed by atoms with Crippen LogP contribution in [-0.2, 0) is 10.8 Å². The summed E-state index contributed by atoms with van der Waals surface area (Å²) in [5.74, 6) is -0.258. The molecule has 0 aliphatic rings. The molecule has 5 nitrogen and oxygen atoms in total. The molecule has 0 radical (unpaired) electrons. The van der Waals surface area contributed by atoms with Gasteiger partial charge in [-0.1, -0.05) is 0 Å². The predicted molar refractivity (Wildman–Crippen MR) is 106 cm³/mol. The average molecular weight is 422 g/mol. The molecule has 1 amide bonds. The zero-order valence-electron chi connectivity index (χ0n) is 14.9. The molecule has 1 heterocycles. The number of nitrogens with zero attached hydrogens (tertiary/aromatic N) is 1. The number of anilines is 1. The lowest BCUT2D eigenvalue weighted by Crippen LogP contribution is -2.11. The Morgan fingerprint density at radius 3 is 2.36 bits per heavy atom. The Morgan fingerprint density at radius 1 is 1.14 bits per heavy atom. The van der Waals surface area contributed by atoms with Crippen molar-refractivity contribution >= 4 is 33.2 Å². The number of ether oxygens (including phenoxy) is 1. The second-order valence-electron chi connectivity index (χ2n) is 5.76. The fourth-order valence-electron chi connectivity index (χ4n) is 2.48. The number of aromatic nitrogens is 1. The van der Waals surface area contributed by atoms with Crippen molar-refractivity contribution < 1.29 is 22.5 Å². The standard InChI is InChI=1S/C19H16F2N2O3S2/c1-11-16(12-3-7-14(8-4-12)26-18(20)21)22-19(27-11)23-17(24)13-5-9-15(10-6-13)28(2)25/h3-10,18H,1-2H3,(H,22,23,24). The molecule has 3 aromatic rings. The summed E-state index contributed by atoms with van der Waals surface area (Å²) >= 11 is 1.31. The molecule has 1 atom stereocenters. The minimum atomic E-state index is -2.87. The Morgan fingerprint density at radius 2 is 1.79 bits per heavy atom. The van der Waals surface area contributed by atoms with E-state index in [-0.39, 0.29) is 11.7 Å². The van der Waals surface area contributed by atoms with Crippen molar-refractivity contribution in [1.82, 2.24) is 4.98 Å². The number of alkyl halides is 2. The molecule has 1 N–H and O–H groups in total. The van der Waals surface area contributed by atoms with Crippen molar-refractivity contribution in [2.75, 3.05) is 11.6 Å². The minimum absolute atomic E-state index is 0.0663. The Kier molecular flexibility index (Phi) is 6.15. The number of thiazole rings is 1. The molecule has 0 saturated heterocycles. The lowest BCUT2D eigenvalue weighted by molar-refractivity contribution is -0.0498. The van der Waals surface area contributed by atoms with Gasteiger partial charge in [-0.2, -0.15) is 8.78 Å². The lowest BCUT2D eigenvalue weighted by Gasteiger charge is -2.05. The SMILES string of the molecule is Cc1sc(NC(=O)c2ccc(S(C)=O)cc2)nc1-c1ccc(OC(F)F)cc1.